The highest BCUT2D eigenvalue weighted by Gasteiger charge is 2.21. The third-order valence-corrected chi connectivity index (χ3v) is 5.02. The number of benzene rings is 1. The molecule has 0 bridgehead atoms. The molecule has 134 valence electrons. The molecule has 0 saturated heterocycles. The quantitative estimate of drug-likeness (QED) is 0.470. The summed E-state index contributed by atoms with van der Waals surface area (Å²) < 4.78 is 18.3. The zero-order valence-electron chi connectivity index (χ0n) is 14.3. The number of rotatable bonds is 11. The number of alkyl halides is 1. The number of hydrogen-bond acceptors (Lipinski definition) is 5. The molecule has 0 aromatic heterocycles. The van der Waals surface area contributed by atoms with Gasteiger partial charge < -0.3 is 9.84 Å². The molecule has 4 atom stereocenters. The molecule has 24 heavy (non-hydrogen) atoms. The van der Waals surface area contributed by atoms with E-state index in [1.807, 2.05) is 6.07 Å². The zero-order valence-corrected chi connectivity index (χ0v) is 15.1. The van der Waals surface area contributed by atoms with Crippen molar-refractivity contribution < 1.29 is 14.2 Å². The summed E-state index contributed by atoms with van der Waals surface area (Å²) in [5.41, 5.74) is 6.47. The molecule has 3 N–H and O–H groups in total. The van der Waals surface area contributed by atoms with Crippen LogP contribution in [0.25, 0.3) is 0 Å². The van der Waals surface area contributed by atoms with Crippen LogP contribution in [-0.2, 0) is 0 Å². The molecule has 0 heterocycles. The molecule has 0 amide bonds. The summed E-state index contributed by atoms with van der Waals surface area (Å²) in [6.45, 7) is 3.64. The second-order valence-electron chi connectivity index (χ2n) is 5.94. The minimum Gasteiger partial charge on any atom is -0.473 e. The van der Waals surface area contributed by atoms with Crippen molar-refractivity contribution >= 4 is 11.8 Å². The van der Waals surface area contributed by atoms with Gasteiger partial charge >= 0.3 is 0 Å². The lowest BCUT2D eigenvalue weighted by molar-refractivity contribution is 0.0231. The summed E-state index contributed by atoms with van der Waals surface area (Å²) in [4.78, 5) is 0. The Balaban J connectivity index is 2.39. The fourth-order valence-corrected chi connectivity index (χ4v) is 3.30. The van der Waals surface area contributed by atoms with E-state index in [2.05, 4.69) is 6.92 Å². The Hall–Kier alpha value is -1.29. The van der Waals surface area contributed by atoms with Crippen molar-refractivity contribution in [2.45, 2.75) is 51.6 Å². The van der Waals surface area contributed by atoms with Gasteiger partial charge in [0.05, 0.1) is 11.6 Å². The molecule has 0 fully saturated rings. The lowest BCUT2D eigenvalue weighted by Gasteiger charge is -2.24. The maximum Gasteiger partial charge on any atom is 0.173 e. The van der Waals surface area contributed by atoms with E-state index in [9.17, 15) is 9.50 Å². The molecule has 0 aliphatic rings. The van der Waals surface area contributed by atoms with Crippen LogP contribution in [0.1, 0.15) is 38.7 Å². The van der Waals surface area contributed by atoms with Crippen molar-refractivity contribution in [1.82, 2.24) is 0 Å². The summed E-state index contributed by atoms with van der Waals surface area (Å²) in [5.74, 6) is 2.25. The van der Waals surface area contributed by atoms with Gasteiger partial charge in [-0.2, -0.15) is 17.0 Å². The SMILES string of the molecule is CCC(CCSCC(C)F)CC(O)C(N)Oc1ccc(C#N)cc1. The smallest absolute Gasteiger partial charge is 0.173 e. The van der Waals surface area contributed by atoms with Gasteiger partial charge in [-0.05, 0) is 55.7 Å². The number of ether oxygens (including phenoxy) is 1. The van der Waals surface area contributed by atoms with Gasteiger partial charge in [-0.1, -0.05) is 13.3 Å². The van der Waals surface area contributed by atoms with Crippen LogP contribution < -0.4 is 10.5 Å². The minimum atomic E-state index is -0.814. The van der Waals surface area contributed by atoms with Gasteiger partial charge in [0.15, 0.2) is 6.23 Å². The molecule has 0 aliphatic carbocycles. The van der Waals surface area contributed by atoms with Crippen LogP contribution in [0.3, 0.4) is 0 Å². The van der Waals surface area contributed by atoms with Crippen molar-refractivity contribution in [1.29, 1.82) is 5.26 Å². The number of nitrogens with zero attached hydrogens (tertiary/aromatic N) is 1. The van der Waals surface area contributed by atoms with Gasteiger partial charge in [-0.3, -0.25) is 5.73 Å². The highest BCUT2D eigenvalue weighted by atomic mass is 32.2. The van der Waals surface area contributed by atoms with Crippen LogP contribution in [0.2, 0.25) is 0 Å². The van der Waals surface area contributed by atoms with Crippen molar-refractivity contribution in [2.75, 3.05) is 11.5 Å². The van der Waals surface area contributed by atoms with Crippen LogP contribution >= 0.6 is 11.8 Å². The number of thioether (sulfide) groups is 1. The molecule has 1 aromatic rings. The van der Waals surface area contributed by atoms with Gasteiger partial charge in [-0.25, -0.2) is 4.39 Å². The zero-order chi connectivity index (χ0) is 17.9. The van der Waals surface area contributed by atoms with Crippen LogP contribution in [0.5, 0.6) is 5.75 Å². The van der Waals surface area contributed by atoms with Crippen LogP contribution in [0, 0.1) is 17.2 Å². The summed E-state index contributed by atoms with van der Waals surface area (Å²) in [5, 5.41) is 19.0. The fraction of sp³-hybridized carbons (Fsp3) is 0.611. The second-order valence-corrected chi connectivity index (χ2v) is 7.09. The topological polar surface area (TPSA) is 79.3 Å². The normalized spacial score (nSPS) is 16.0. The average Bonchev–Trinajstić information content (AvgIpc) is 2.57. The molecule has 1 aromatic carbocycles. The van der Waals surface area contributed by atoms with E-state index in [0.29, 0.717) is 29.4 Å². The lowest BCUT2D eigenvalue weighted by atomic mass is 9.95. The van der Waals surface area contributed by atoms with E-state index in [0.717, 1.165) is 18.6 Å². The Morgan fingerprint density at radius 1 is 1.38 bits per heavy atom. The molecule has 0 radical (unpaired) electrons. The first-order valence-electron chi connectivity index (χ1n) is 8.28. The molecule has 4 unspecified atom stereocenters. The van der Waals surface area contributed by atoms with Crippen LogP contribution in [0.4, 0.5) is 4.39 Å². The van der Waals surface area contributed by atoms with Crippen molar-refractivity contribution in [3.8, 4) is 11.8 Å². The molecule has 0 spiro atoms. The molecular weight excluding hydrogens is 327 g/mol. The van der Waals surface area contributed by atoms with Gasteiger partial charge in [0, 0.05) is 5.75 Å². The Kier molecular flexibility index (Phi) is 9.77. The number of halogens is 1. The fourth-order valence-electron chi connectivity index (χ4n) is 2.30. The monoisotopic (exact) mass is 354 g/mol. The Morgan fingerprint density at radius 2 is 2.04 bits per heavy atom. The molecule has 0 aliphatic heterocycles. The van der Waals surface area contributed by atoms with E-state index < -0.39 is 18.5 Å². The predicted octanol–water partition coefficient (Wildman–Crippen LogP) is 3.48. The first kappa shape index (κ1) is 20.8. The van der Waals surface area contributed by atoms with Crippen molar-refractivity contribution in [3.05, 3.63) is 29.8 Å². The van der Waals surface area contributed by atoms with Crippen molar-refractivity contribution in [3.63, 3.8) is 0 Å². The molecular formula is C18H27FN2O2S. The van der Waals surface area contributed by atoms with Crippen molar-refractivity contribution in [2.24, 2.45) is 11.7 Å². The number of aliphatic hydroxyl groups excluding tert-OH is 1. The van der Waals surface area contributed by atoms with Gasteiger partial charge in [0.1, 0.15) is 18.0 Å². The molecule has 1 rings (SSSR count). The first-order chi connectivity index (χ1) is 11.5. The van der Waals surface area contributed by atoms with E-state index in [1.165, 1.54) is 0 Å². The Labute approximate surface area is 148 Å². The summed E-state index contributed by atoms with van der Waals surface area (Å²) in [6.07, 6.45) is 0.0525. The summed E-state index contributed by atoms with van der Waals surface area (Å²) >= 11 is 1.60. The third kappa shape index (κ3) is 8.00. The average molecular weight is 354 g/mol. The second kappa shape index (κ2) is 11.3. The molecule has 0 saturated carbocycles. The molecule has 4 nitrogen and oxygen atoms in total. The van der Waals surface area contributed by atoms with Gasteiger partial charge in [-0.15, -0.1) is 0 Å². The first-order valence-corrected chi connectivity index (χ1v) is 9.44. The highest BCUT2D eigenvalue weighted by Crippen LogP contribution is 2.21. The predicted molar refractivity (Wildman–Crippen MR) is 96.7 cm³/mol. The Bertz CT molecular complexity index is 505. The van der Waals surface area contributed by atoms with E-state index in [1.54, 1.807) is 43.0 Å². The lowest BCUT2D eigenvalue weighted by Crippen LogP contribution is -2.41. The maximum absolute atomic E-state index is 12.8. The van der Waals surface area contributed by atoms with Crippen LogP contribution in [-0.4, -0.2) is 35.1 Å². The van der Waals surface area contributed by atoms with Crippen LogP contribution in [0.15, 0.2) is 24.3 Å². The summed E-state index contributed by atoms with van der Waals surface area (Å²) in [7, 11) is 0. The number of aliphatic hydroxyl groups is 1. The number of hydrogen-bond donors (Lipinski definition) is 2. The minimum absolute atomic E-state index is 0.332. The van der Waals surface area contributed by atoms with Gasteiger partial charge in [0.25, 0.3) is 0 Å². The molecule has 6 heteroatoms. The van der Waals surface area contributed by atoms with E-state index >= 15 is 0 Å². The van der Waals surface area contributed by atoms with Gasteiger partial charge in [0.2, 0.25) is 0 Å². The maximum atomic E-state index is 12.8. The number of nitrogens with two attached hydrogens (primary N) is 1. The van der Waals surface area contributed by atoms with E-state index in [4.69, 9.17) is 15.7 Å². The summed E-state index contributed by atoms with van der Waals surface area (Å²) in [6, 6.07) is 8.65. The third-order valence-electron chi connectivity index (χ3n) is 3.80. The Morgan fingerprint density at radius 3 is 2.58 bits per heavy atom. The largest absolute Gasteiger partial charge is 0.473 e. The highest BCUT2D eigenvalue weighted by molar-refractivity contribution is 7.99. The number of nitriles is 1. The van der Waals surface area contributed by atoms with E-state index in [-0.39, 0.29) is 0 Å². The standard InChI is InChI=1S/C18H27FN2O2S/c1-3-14(8-9-24-12-13(2)19)10-17(22)18(21)23-16-6-4-15(11-20)5-7-16/h4-7,13-14,17-18,22H,3,8-10,12,21H2,1-2H3.